The number of aromatic amines is 1. The van der Waals surface area contributed by atoms with Crippen LogP contribution in [0.15, 0.2) is 48.5 Å². The zero-order chi connectivity index (χ0) is 25.9. The smallest absolute Gasteiger partial charge is 0.334 e. The summed E-state index contributed by atoms with van der Waals surface area (Å²) in [6, 6.07) is 15.4. The van der Waals surface area contributed by atoms with Gasteiger partial charge in [-0.2, -0.15) is 0 Å². The standard InChI is InChI=1S/C27H29N7O3/c1-4-7-23-28-22-14-15-33(17(2)35)25(27(36)37-3)24(22)34(23)16-18-10-12-19(13-11-18)20-8-5-6-9-21(20)26-29-31-32-30-26/h5-6,8-13,25H,4,7,14-16H2,1-3H3,(H,29,30,31,32). The molecule has 37 heavy (non-hydrogen) atoms. The number of fused-ring (bicyclic) bond motifs is 1. The molecule has 0 fully saturated rings. The van der Waals surface area contributed by atoms with Crippen molar-refractivity contribution in [2.75, 3.05) is 13.7 Å². The summed E-state index contributed by atoms with van der Waals surface area (Å²) in [4.78, 5) is 31.8. The summed E-state index contributed by atoms with van der Waals surface area (Å²) in [5.74, 6) is 0.918. The van der Waals surface area contributed by atoms with Gasteiger partial charge in [-0.05, 0) is 33.5 Å². The molecule has 0 aliphatic carbocycles. The van der Waals surface area contributed by atoms with Crippen LogP contribution in [0.3, 0.4) is 0 Å². The first-order valence-electron chi connectivity index (χ1n) is 12.4. The second-order valence-corrected chi connectivity index (χ2v) is 9.08. The van der Waals surface area contributed by atoms with Gasteiger partial charge >= 0.3 is 5.97 Å². The number of carbonyl (C=O) groups excluding carboxylic acids is 2. The predicted molar refractivity (Wildman–Crippen MR) is 136 cm³/mol. The Hall–Kier alpha value is -4.34. The Morgan fingerprint density at radius 1 is 1.11 bits per heavy atom. The van der Waals surface area contributed by atoms with Gasteiger partial charge in [0.2, 0.25) is 5.91 Å². The van der Waals surface area contributed by atoms with Crippen LogP contribution in [0.1, 0.15) is 49.1 Å². The number of aromatic nitrogens is 6. The molecule has 0 saturated carbocycles. The van der Waals surface area contributed by atoms with Gasteiger partial charge in [-0.15, -0.1) is 5.10 Å². The topological polar surface area (TPSA) is 119 Å². The van der Waals surface area contributed by atoms with E-state index in [-0.39, 0.29) is 5.91 Å². The maximum atomic E-state index is 12.9. The number of carbonyl (C=O) groups is 2. The van der Waals surface area contributed by atoms with E-state index in [1.807, 2.05) is 24.3 Å². The Kier molecular flexibility index (Phi) is 6.80. The van der Waals surface area contributed by atoms with Gasteiger partial charge in [0, 0.05) is 38.4 Å². The highest BCUT2D eigenvalue weighted by Crippen LogP contribution is 2.34. The minimum Gasteiger partial charge on any atom is -0.467 e. The van der Waals surface area contributed by atoms with E-state index in [1.54, 1.807) is 4.90 Å². The van der Waals surface area contributed by atoms with Crippen molar-refractivity contribution >= 4 is 11.9 Å². The van der Waals surface area contributed by atoms with Crippen molar-refractivity contribution in [2.24, 2.45) is 0 Å². The minimum absolute atomic E-state index is 0.157. The van der Waals surface area contributed by atoms with Crippen molar-refractivity contribution in [3.05, 3.63) is 71.3 Å². The molecule has 1 aliphatic heterocycles. The quantitative estimate of drug-likeness (QED) is 0.387. The predicted octanol–water partition coefficient (Wildman–Crippen LogP) is 3.35. The fourth-order valence-electron chi connectivity index (χ4n) is 5.03. The zero-order valence-electron chi connectivity index (χ0n) is 21.1. The molecule has 1 amide bonds. The molecule has 1 N–H and O–H groups in total. The van der Waals surface area contributed by atoms with Crippen LogP contribution in [0.25, 0.3) is 22.5 Å². The van der Waals surface area contributed by atoms with Crippen LogP contribution in [0.4, 0.5) is 0 Å². The summed E-state index contributed by atoms with van der Waals surface area (Å²) >= 11 is 0. The van der Waals surface area contributed by atoms with Crippen molar-refractivity contribution in [2.45, 2.75) is 45.7 Å². The number of rotatable bonds is 7. The van der Waals surface area contributed by atoms with Gasteiger partial charge in [-0.25, -0.2) is 14.9 Å². The summed E-state index contributed by atoms with van der Waals surface area (Å²) in [6.45, 7) is 4.57. The molecule has 2 aromatic carbocycles. The lowest BCUT2D eigenvalue weighted by Crippen LogP contribution is -2.44. The van der Waals surface area contributed by atoms with Crippen LogP contribution in [-0.4, -0.2) is 60.6 Å². The van der Waals surface area contributed by atoms with Gasteiger partial charge in [-0.1, -0.05) is 55.5 Å². The van der Waals surface area contributed by atoms with Gasteiger partial charge in [0.15, 0.2) is 11.9 Å². The first-order chi connectivity index (χ1) is 18.0. The maximum Gasteiger partial charge on any atom is 0.334 e. The first-order valence-corrected chi connectivity index (χ1v) is 12.4. The largest absolute Gasteiger partial charge is 0.467 e. The van der Waals surface area contributed by atoms with Gasteiger partial charge in [0.05, 0.1) is 18.5 Å². The Morgan fingerprint density at radius 3 is 2.51 bits per heavy atom. The van der Waals surface area contributed by atoms with Crippen LogP contribution in [0.2, 0.25) is 0 Å². The molecule has 5 rings (SSSR count). The van der Waals surface area contributed by atoms with E-state index in [2.05, 4.69) is 56.4 Å². The van der Waals surface area contributed by atoms with E-state index in [0.717, 1.165) is 52.3 Å². The Bertz CT molecular complexity index is 1410. The number of aryl methyl sites for hydroxylation is 1. The fraction of sp³-hybridized carbons (Fsp3) is 0.333. The number of imidazole rings is 1. The molecule has 0 spiro atoms. The molecular formula is C27H29N7O3. The highest BCUT2D eigenvalue weighted by molar-refractivity contribution is 5.85. The lowest BCUT2D eigenvalue weighted by molar-refractivity contribution is -0.153. The molecule has 0 radical (unpaired) electrons. The number of tetrazole rings is 1. The molecule has 2 aromatic heterocycles. The van der Waals surface area contributed by atoms with Crippen molar-refractivity contribution in [1.82, 2.24) is 35.1 Å². The Morgan fingerprint density at radius 2 is 1.86 bits per heavy atom. The third-order valence-corrected chi connectivity index (χ3v) is 6.76. The van der Waals surface area contributed by atoms with E-state index >= 15 is 0 Å². The number of ether oxygens (including phenoxy) is 1. The summed E-state index contributed by atoms with van der Waals surface area (Å²) in [5, 5.41) is 14.3. The molecule has 190 valence electrons. The van der Waals surface area contributed by atoms with Crippen molar-refractivity contribution in [3.8, 4) is 22.5 Å². The van der Waals surface area contributed by atoms with Crippen molar-refractivity contribution in [3.63, 3.8) is 0 Å². The maximum absolute atomic E-state index is 12.9. The van der Waals surface area contributed by atoms with E-state index in [4.69, 9.17) is 9.72 Å². The molecule has 10 heteroatoms. The molecule has 0 saturated heterocycles. The summed E-state index contributed by atoms with van der Waals surface area (Å²) in [6.07, 6.45) is 2.30. The van der Waals surface area contributed by atoms with E-state index in [1.165, 1.54) is 14.0 Å². The Labute approximate surface area is 214 Å². The van der Waals surface area contributed by atoms with E-state index < -0.39 is 12.0 Å². The minimum atomic E-state index is -0.800. The van der Waals surface area contributed by atoms with Gasteiger partial charge < -0.3 is 14.2 Å². The SMILES string of the molecule is CCCc1nc2c(n1Cc1ccc(-c3ccccc3-c3nnn[nH]3)cc1)C(C(=O)OC)N(C(C)=O)CC2. The second-order valence-electron chi connectivity index (χ2n) is 9.08. The number of benzene rings is 2. The van der Waals surface area contributed by atoms with Crippen LogP contribution in [0.5, 0.6) is 0 Å². The molecule has 4 aromatic rings. The summed E-state index contributed by atoms with van der Waals surface area (Å²) < 4.78 is 7.21. The molecule has 10 nitrogen and oxygen atoms in total. The monoisotopic (exact) mass is 499 g/mol. The van der Waals surface area contributed by atoms with Crippen LogP contribution < -0.4 is 0 Å². The number of hydrogen-bond donors (Lipinski definition) is 1. The molecule has 1 atom stereocenters. The van der Waals surface area contributed by atoms with Crippen LogP contribution in [-0.2, 0) is 33.7 Å². The lowest BCUT2D eigenvalue weighted by Gasteiger charge is -2.33. The lowest BCUT2D eigenvalue weighted by atomic mass is 9.98. The highest BCUT2D eigenvalue weighted by Gasteiger charge is 2.39. The number of amides is 1. The Balaban J connectivity index is 1.51. The van der Waals surface area contributed by atoms with E-state index in [0.29, 0.717) is 25.3 Å². The van der Waals surface area contributed by atoms with Gasteiger partial charge in [0.25, 0.3) is 0 Å². The van der Waals surface area contributed by atoms with Crippen LogP contribution >= 0.6 is 0 Å². The van der Waals surface area contributed by atoms with Crippen LogP contribution in [0, 0.1) is 0 Å². The van der Waals surface area contributed by atoms with Crippen molar-refractivity contribution in [1.29, 1.82) is 0 Å². The third-order valence-electron chi connectivity index (χ3n) is 6.76. The molecular weight excluding hydrogens is 470 g/mol. The van der Waals surface area contributed by atoms with Gasteiger partial charge in [-0.3, -0.25) is 4.79 Å². The van der Waals surface area contributed by atoms with E-state index in [9.17, 15) is 9.59 Å². The average Bonchev–Trinajstić information content (AvgIpc) is 3.57. The molecule has 1 aliphatic rings. The average molecular weight is 500 g/mol. The first kappa shape index (κ1) is 24.4. The second kappa shape index (κ2) is 10.3. The summed E-state index contributed by atoms with van der Waals surface area (Å²) in [5.41, 5.74) is 5.64. The normalized spacial score (nSPS) is 14.9. The van der Waals surface area contributed by atoms with Gasteiger partial charge in [0.1, 0.15) is 5.82 Å². The highest BCUT2D eigenvalue weighted by atomic mass is 16.5. The number of nitrogens with one attached hydrogen (secondary N) is 1. The molecule has 0 bridgehead atoms. The number of hydrogen-bond acceptors (Lipinski definition) is 7. The van der Waals surface area contributed by atoms with Crippen molar-refractivity contribution < 1.29 is 14.3 Å². The fourth-order valence-corrected chi connectivity index (χ4v) is 5.03. The molecule has 3 heterocycles. The number of nitrogens with zero attached hydrogens (tertiary/aromatic N) is 6. The summed E-state index contributed by atoms with van der Waals surface area (Å²) in [7, 11) is 1.36. The number of H-pyrrole nitrogens is 1. The third kappa shape index (κ3) is 4.62. The number of methoxy groups -OCH3 is 1. The number of esters is 1. The molecule has 1 unspecified atom stereocenters. The zero-order valence-corrected chi connectivity index (χ0v) is 21.1.